The number of rotatable bonds is 9. The Morgan fingerprint density at radius 1 is 1.02 bits per heavy atom. The third-order valence-corrected chi connectivity index (χ3v) is 10.4. The minimum absolute atomic E-state index is 0.0270. The Kier molecular flexibility index (Phi) is 15.7. The zero-order chi connectivity index (χ0) is 37.9. The fraction of sp³-hybridized carbons (Fsp3) is 0.816. The van der Waals surface area contributed by atoms with E-state index in [0.717, 1.165) is 31.8 Å². The summed E-state index contributed by atoms with van der Waals surface area (Å²) in [4.78, 5) is 38.9. The molecule has 0 aromatic carbocycles. The van der Waals surface area contributed by atoms with E-state index < -0.39 is 84.4 Å². The Bertz CT molecular complexity index is 1250. The van der Waals surface area contributed by atoms with Gasteiger partial charge in [-0.1, -0.05) is 52.5 Å². The van der Waals surface area contributed by atoms with Crippen LogP contribution in [-0.4, -0.2) is 113 Å². The fourth-order valence-corrected chi connectivity index (χ4v) is 7.44. The number of fused-ring (bicyclic) bond motifs is 6. The molecule has 0 aliphatic carbocycles. The lowest BCUT2D eigenvalue weighted by atomic mass is 9.74. The second-order valence-corrected chi connectivity index (χ2v) is 15.2. The van der Waals surface area contributed by atoms with E-state index in [1.807, 2.05) is 0 Å². The Morgan fingerprint density at radius 3 is 2.52 bits per heavy atom. The number of cyclic esters (lactones) is 1. The first kappa shape index (κ1) is 42.3. The number of carbonyl (C=O) groups is 3. The van der Waals surface area contributed by atoms with Crippen LogP contribution in [0.15, 0.2) is 23.8 Å². The molecule has 0 aromatic rings. The van der Waals surface area contributed by atoms with Crippen molar-refractivity contribution < 1.29 is 68.0 Å². The second-order valence-electron chi connectivity index (χ2n) is 15.2. The van der Waals surface area contributed by atoms with Gasteiger partial charge in [0.25, 0.3) is 0 Å². The molecule has 14 heteroatoms. The zero-order valence-electron chi connectivity index (χ0n) is 31.2. The first-order chi connectivity index (χ1) is 24.7. The molecule has 6 bridgehead atoms. The molecule has 52 heavy (non-hydrogen) atoms. The number of carbonyl (C=O) groups excluding carboxylic acids is 3. The van der Waals surface area contributed by atoms with Crippen LogP contribution in [0.25, 0.3) is 0 Å². The van der Waals surface area contributed by atoms with Crippen molar-refractivity contribution in [1.29, 1.82) is 0 Å². The van der Waals surface area contributed by atoms with E-state index in [0.29, 0.717) is 38.7 Å². The molecule has 0 spiro atoms. The maximum absolute atomic E-state index is 13.3. The van der Waals surface area contributed by atoms with E-state index in [1.54, 1.807) is 26.0 Å². The molecular weight excluding hydrogens is 680 g/mol. The Balaban J connectivity index is 1.69. The summed E-state index contributed by atoms with van der Waals surface area (Å²) < 4.78 is 41.0. The van der Waals surface area contributed by atoms with Crippen LogP contribution in [0, 0.1) is 5.41 Å². The van der Waals surface area contributed by atoms with Crippen molar-refractivity contribution in [1.82, 2.24) is 0 Å². The van der Waals surface area contributed by atoms with E-state index in [1.165, 1.54) is 7.11 Å². The molecule has 0 radical (unpaired) electrons. The summed E-state index contributed by atoms with van der Waals surface area (Å²) in [6, 6.07) is 0. The SMILES string of the molecule is CCCCCCCC(=O)O[C@H]1/C(=C/C(=O)OC)CC2CC(CO)OC(=O)C[C@H](O)C[C@@H]3CCC[C@](O)(C[C@@H]4CCO[C@H](/C=C/C(C)(C)[C@]1(O)O2)O4)O3. The van der Waals surface area contributed by atoms with Gasteiger partial charge in [0.1, 0.15) is 6.10 Å². The van der Waals surface area contributed by atoms with Crippen LogP contribution in [0.1, 0.15) is 117 Å². The van der Waals surface area contributed by atoms with Gasteiger partial charge in [-0.3, -0.25) is 9.59 Å². The van der Waals surface area contributed by atoms with Gasteiger partial charge in [0.15, 0.2) is 18.2 Å². The van der Waals surface area contributed by atoms with E-state index in [-0.39, 0.29) is 44.1 Å². The van der Waals surface area contributed by atoms with Crippen molar-refractivity contribution in [2.75, 3.05) is 20.3 Å². The highest BCUT2D eigenvalue weighted by molar-refractivity contribution is 5.83. The lowest BCUT2D eigenvalue weighted by Gasteiger charge is -2.51. The molecule has 3 saturated heterocycles. The number of aliphatic hydroxyl groups excluding tert-OH is 2. The van der Waals surface area contributed by atoms with Crippen molar-refractivity contribution >= 4 is 17.9 Å². The maximum atomic E-state index is 13.3. The fourth-order valence-electron chi connectivity index (χ4n) is 7.44. The van der Waals surface area contributed by atoms with Gasteiger partial charge >= 0.3 is 17.9 Å². The van der Waals surface area contributed by atoms with Gasteiger partial charge in [-0.25, -0.2) is 4.79 Å². The molecule has 14 nitrogen and oxygen atoms in total. The van der Waals surface area contributed by atoms with Gasteiger partial charge < -0.3 is 53.6 Å². The molecule has 0 saturated carbocycles. The number of unbranched alkanes of at least 4 members (excludes halogenated alkanes) is 4. The van der Waals surface area contributed by atoms with E-state index in [4.69, 9.17) is 33.2 Å². The number of ether oxygens (including phenoxy) is 7. The lowest BCUT2D eigenvalue weighted by molar-refractivity contribution is -0.327. The summed E-state index contributed by atoms with van der Waals surface area (Å²) in [6.07, 6.45) is 4.48. The van der Waals surface area contributed by atoms with Gasteiger partial charge in [-0.2, -0.15) is 0 Å². The van der Waals surface area contributed by atoms with E-state index in [9.17, 15) is 34.8 Å². The monoisotopic (exact) mass is 740 g/mol. The molecule has 0 amide bonds. The molecule has 4 heterocycles. The Hall–Kier alpha value is -2.43. The standard InChI is InChI=1S/C38H60O14/c1-5-6-7-8-9-12-31(41)50-35-25(19-32(42)46-4)18-29-22-30(24-39)48-33(43)21-26(40)20-27-11-10-15-37(44,51-27)23-28-14-17-47-34(49-28)13-16-36(2,3)38(35,45)52-29/h13,16,19,26-30,34-35,39-40,44-45H,5-12,14-15,17-18,20-24H2,1-4H3/b16-13+,25-19+/t26-,27+,28+,29?,30?,34+,35+,37-,38-/m1/s1. The van der Waals surface area contributed by atoms with E-state index in [2.05, 4.69) is 6.92 Å². The van der Waals surface area contributed by atoms with Crippen LogP contribution in [0.5, 0.6) is 0 Å². The number of hydrogen-bond donors (Lipinski definition) is 4. The molecule has 0 aromatic heterocycles. The largest absolute Gasteiger partial charge is 0.466 e. The van der Waals surface area contributed by atoms with Gasteiger partial charge in [0.2, 0.25) is 5.79 Å². The highest BCUT2D eigenvalue weighted by Gasteiger charge is 2.57. The molecule has 4 aliphatic rings. The summed E-state index contributed by atoms with van der Waals surface area (Å²) >= 11 is 0. The maximum Gasteiger partial charge on any atom is 0.330 e. The van der Waals surface area contributed by atoms with Gasteiger partial charge in [-0.15, -0.1) is 0 Å². The number of aliphatic hydroxyl groups is 4. The minimum Gasteiger partial charge on any atom is -0.466 e. The summed E-state index contributed by atoms with van der Waals surface area (Å²) in [5.74, 6) is -5.88. The predicted molar refractivity (Wildman–Crippen MR) is 185 cm³/mol. The zero-order valence-corrected chi connectivity index (χ0v) is 31.2. The van der Waals surface area contributed by atoms with Crippen molar-refractivity contribution in [2.45, 2.75) is 172 Å². The van der Waals surface area contributed by atoms with Crippen LogP contribution in [0.3, 0.4) is 0 Å². The second kappa shape index (κ2) is 19.2. The van der Waals surface area contributed by atoms with Gasteiger partial charge in [0.05, 0.1) is 51.2 Å². The van der Waals surface area contributed by atoms with Crippen molar-refractivity contribution in [2.24, 2.45) is 5.41 Å². The average molecular weight is 741 g/mol. The third kappa shape index (κ3) is 11.8. The molecule has 4 aliphatic heterocycles. The first-order valence-electron chi connectivity index (χ1n) is 18.9. The van der Waals surface area contributed by atoms with E-state index >= 15 is 0 Å². The number of hydrogen-bond acceptors (Lipinski definition) is 14. The number of esters is 3. The minimum atomic E-state index is -2.29. The molecule has 3 fully saturated rings. The lowest BCUT2D eigenvalue weighted by Crippen LogP contribution is -2.62. The highest BCUT2D eigenvalue weighted by atomic mass is 16.7. The van der Waals surface area contributed by atoms with Crippen molar-refractivity contribution in [3.8, 4) is 0 Å². The predicted octanol–water partition coefficient (Wildman–Crippen LogP) is 3.65. The summed E-state index contributed by atoms with van der Waals surface area (Å²) in [5, 5.41) is 45.0. The summed E-state index contributed by atoms with van der Waals surface area (Å²) in [7, 11) is 1.20. The molecule has 2 unspecified atom stereocenters. The topological polar surface area (TPSA) is 197 Å². The van der Waals surface area contributed by atoms with Crippen LogP contribution >= 0.6 is 0 Å². The van der Waals surface area contributed by atoms with Crippen molar-refractivity contribution in [3.63, 3.8) is 0 Å². The number of methoxy groups -OCH3 is 1. The van der Waals surface area contributed by atoms with Gasteiger partial charge in [-0.05, 0) is 43.8 Å². The first-order valence-corrected chi connectivity index (χ1v) is 18.9. The molecule has 4 rings (SSSR count). The third-order valence-electron chi connectivity index (χ3n) is 10.4. The highest BCUT2D eigenvalue weighted by Crippen LogP contribution is 2.47. The summed E-state index contributed by atoms with van der Waals surface area (Å²) in [5.41, 5.74) is -1.13. The van der Waals surface area contributed by atoms with Crippen LogP contribution < -0.4 is 0 Å². The molecule has 296 valence electrons. The quantitative estimate of drug-likeness (QED) is 0.0879. The smallest absolute Gasteiger partial charge is 0.330 e. The molecular formula is C38H60O14. The summed E-state index contributed by atoms with van der Waals surface area (Å²) in [6.45, 7) is 5.18. The normalized spacial score (nSPS) is 37.3. The van der Waals surface area contributed by atoms with Crippen LogP contribution in [-0.2, 0) is 47.5 Å². The van der Waals surface area contributed by atoms with Gasteiger partial charge in [0, 0.05) is 43.6 Å². The average Bonchev–Trinajstić information content (AvgIpc) is 3.08. The molecule has 4 N–H and O–H groups in total. The molecule has 9 atom stereocenters. The Labute approximate surface area is 306 Å². The van der Waals surface area contributed by atoms with Crippen LogP contribution in [0.2, 0.25) is 0 Å². The Morgan fingerprint density at radius 2 is 1.79 bits per heavy atom. The van der Waals surface area contributed by atoms with Crippen LogP contribution in [0.4, 0.5) is 0 Å². The van der Waals surface area contributed by atoms with Crippen molar-refractivity contribution in [3.05, 3.63) is 23.8 Å².